The molecule has 3 heterocycles. The highest BCUT2D eigenvalue weighted by Crippen LogP contribution is 2.55. The summed E-state index contributed by atoms with van der Waals surface area (Å²) in [6.45, 7) is 1.67. The number of benzene rings is 4. The minimum Gasteiger partial charge on any atom is -0.325 e. The first-order valence-corrected chi connectivity index (χ1v) is 16.2. The van der Waals surface area contributed by atoms with E-state index >= 15 is 0 Å². The van der Waals surface area contributed by atoms with E-state index in [9.17, 15) is 19.2 Å². The van der Waals surface area contributed by atoms with Crippen LogP contribution in [0, 0.1) is 12.8 Å². The Kier molecular flexibility index (Phi) is 7.37. The van der Waals surface area contributed by atoms with E-state index in [-0.39, 0.29) is 28.3 Å². The van der Waals surface area contributed by atoms with Crippen molar-refractivity contribution in [3.8, 4) is 0 Å². The van der Waals surface area contributed by atoms with E-state index in [1.807, 2.05) is 61.5 Å². The Labute approximate surface area is 270 Å². The number of halogens is 2. The number of carbonyl (C=O) groups is 3. The number of carbonyl (C=O) groups excluding carboxylic acids is 3. The van der Waals surface area contributed by atoms with Crippen LogP contribution in [-0.2, 0) is 20.9 Å². The molecule has 2 aliphatic rings. The Morgan fingerprint density at radius 2 is 1.64 bits per heavy atom. The zero-order chi connectivity index (χ0) is 30.7. The molecule has 0 spiro atoms. The third-order valence-electron chi connectivity index (χ3n) is 7.99. The van der Waals surface area contributed by atoms with Gasteiger partial charge in [0.25, 0.3) is 0 Å². The van der Waals surface area contributed by atoms with Crippen LogP contribution in [0.2, 0.25) is 10.0 Å². The minimum atomic E-state index is -0.833. The number of amides is 3. The van der Waals surface area contributed by atoms with Gasteiger partial charge in [-0.3, -0.25) is 23.7 Å². The van der Waals surface area contributed by atoms with E-state index in [1.165, 1.54) is 9.47 Å². The van der Waals surface area contributed by atoms with Crippen LogP contribution in [0.25, 0.3) is 10.8 Å². The van der Waals surface area contributed by atoms with Crippen LogP contribution >= 0.6 is 46.3 Å². The van der Waals surface area contributed by atoms with E-state index in [1.54, 1.807) is 30.3 Å². The average molecular weight is 661 g/mol. The molecule has 220 valence electrons. The molecule has 1 fully saturated rings. The molecule has 7 nitrogen and oxygen atoms in total. The van der Waals surface area contributed by atoms with Crippen LogP contribution < -0.4 is 15.1 Å². The summed E-state index contributed by atoms with van der Waals surface area (Å²) >= 11 is 15.2. The van der Waals surface area contributed by atoms with Gasteiger partial charge in [0.2, 0.25) is 17.7 Å². The molecule has 0 aliphatic carbocycles. The van der Waals surface area contributed by atoms with Crippen LogP contribution in [0.3, 0.4) is 0 Å². The fourth-order valence-electron chi connectivity index (χ4n) is 5.91. The Bertz CT molecular complexity index is 2060. The molecule has 0 bridgehead atoms. The van der Waals surface area contributed by atoms with Gasteiger partial charge in [-0.2, -0.15) is 0 Å². The predicted molar refractivity (Wildman–Crippen MR) is 176 cm³/mol. The first-order valence-electron chi connectivity index (χ1n) is 13.8. The van der Waals surface area contributed by atoms with Gasteiger partial charge in [0, 0.05) is 16.5 Å². The van der Waals surface area contributed by atoms with Gasteiger partial charge < -0.3 is 5.32 Å². The van der Waals surface area contributed by atoms with Crippen LogP contribution in [0.5, 0.6) is 0 Å². The van der Waals surface area contributed by atoms with Gasteiger partial charge in [-0.15, -0.1) is 0 Å². The topological polar surface area (TPSA) is 88.5 Å². The maximum atomic E-state index is 14.1. The molecular formula is C33H23Cl2N3O4S2. The zero-order valence-electron chi connectivity index (χ0n) is 23.1. The second-order valence-corrected chi connectivity index (χ2v) is 13.7. The number of thiazole rings is 1. The number of rotatable bonds is 5. The summed E-state index contributed by atoms with van der Waals surface area (Å²) in [6.07, 6.45) is 0. The maximum Gasteiger partial charge on any atom is 0.308 e. The quantitative estimate of drug-likeness (QED) is 0.203. The standard InChI is InChI=1S/C33H23Cl2N3O4S2/c1-17-9-13-21(14-10-17)38-30(40)26-25(22-7-4-8-23(34)27(22)35)29-32(43-28(26)31(38)41)37(33(42)44-29)16-24(39)36-20-12-11-18-5-2-3-6-19(18)15-20/h2-15,25-26,28H,16H2,1H3,(H,36,39)/t25-,26?,28?/m1/s1. The molecule has 1 N–H and O–H groups in total. The van der Waals surface area contributed by atoms with Gasteiger partial charge in [-0.1, -0.05) is 106 Å². The number of nitrogens with zero attached hydrogens (tertiary/aromatic N) is 2. The van der Waals surface area contributed by atoms with Gasteiger partial charge in [0.15, 0.2) is 0 Å². The lowest BCUT2D eigenvalue weighted by Gasteiger charge is -2.31. The summed E-state index contributed by atoms with van der Waals surface area (Å²) in [6, 6.07) is 25.7. The molecule has 1 saturated heterocycles. The van der Waals surface area contributed by atoms with Gasteiger partial charge in [0.05, 0.1) is 26.7 Å². The number of hydrogen-bond acceptors (Lipinski definition) is 6. The Hall–Kier alpha value is -3.89. The fourth-order valence-corrected chi connectivity index (χ4v) is 9.10. The number of anilines is 2. The van der Waals surface area contributed by atoms with Gasteiger partial charge in [0.1, 0.15) is 11.8 Å². The number of fused-ring (bicyclic) bond motifs is 3. The second-order valence-electron chi connectivity index (χ2n) is 10.8. The molecule has 2 unspecified atom stereocenters. The lowest BCUT2D eigenvalue weighted by atomic mass is 9.83. The molecule has 5 aromatic rings. The lowest BCUT2D eigenvalue weighted by molar-refractivity contribution is -0.122. The third-order valence-corrected chi connectivity index (χ3v) is 11.4. The minimum absolute atomic E-state index is 0.256. The number of imide groups is 1. The molecule has 4 aromatic carbocycles. The SMILES string of the molecule is Cc1ccc(N2C(=O)C3Sc4c(sc(=O)n4CC(=O)Nc4ccc5ccccc5c4)[C@H](c4cccc(Cl)c4Cl)C3C2=O)cc1. The van der Waals surface area contributed by atoms with Crippen molar-refractivity contribution in [2.45, 2.75) is 29.7 Å². The maximum absolute atomic E-state index is 14.1. The average Bonchev–Trinajstić information content (AvgIpc) is 3.45. The van der Waals surface area contributed by atoms with Crippen LogP contribution in [-0.4, -0.2) is 27.5 Å². The lowest BCUT2D eigenvalue weighted by Crippen LogP contribution is -2.33. The van der Waals surface area contributed by atoms with Crippen molar-refractivity contribution < 1.29 is 14.4 Å². The molecule has 44 heavy (non-hydrogen) atoms. The van der Waals surface area contributed by atoms with Crippen molar-refractivity contribution in [1.82, 2.24) is 4.57 Å². The first kappa shape index (κ1) is 28.9. The summed E-state index contributed by atoms with van der Waals surface area (Å²) in [5, 5.41) is 5.10. The summed E-state index contributed by atoms with van der Waals surface area (Å²) < 4.78 is 1.38. The Morgan fingerprint density at radius 3 is 2.41 bits per heavy atom. The Morgan fingerprint density at radius 1 is 0.886 bits per heavy atom. The predicted octanol–water partition coefficient (Wildman–Crippen LogP) is 7.11. The van der Waals surface area contributed by atoms with E-state index in [2.05, 4.69) is 5.32 Å². The van der Waals surface area contributed by atoms with Crippen molar-refractivity contribution in [3.63, 3.8) is 0 Å². The van der Waals surface area contributed by atoms with Crippen molar-refractivity contribution >= 4 is 86.2 Å². The second kappa shape index (κ2) is 11.2. The Balaban J connectivity index is 1.28. The van der Waals surface area contributed by atoms with Crippen molar-refractivity contribution in [1.29, 1.82) is 0 Å². The van der Waals surface area contributed by atoms with Crippen LogP contribution in [0.1, 0.15) is 21.9 Å². The first-order chi connectivity index (χ1) is 21.2. The van der Waals surface area contributed by atoms with Gasteiger partial charge in [-0.25, -0.2) is 4.90 Å². The van der Waals surface area contributed by atoms with Crippen molar-refractivity contribution in [2.24, 2.45) is 5.92 Å². The van der Waals surface area contributed by atoms with E-state index < -0.39 is 23.0 Å². The monoisotopic (exact) mass is 659 g/mol. The number of nitrogens with one attached hydrogen (secondary N) is 1. The summed E-state index contributed by atoms with van der Waals surface area (Å²) in [5.41, 5.74) is 2.63. The molecular weight excluding hydrogens is 637 g/mol. The molecule has 2 aliphatic heterocycles. The largest absolute Gasteiger partial charge is 0.325 e. The van der Waals surface area contributed by atoms with Crippen molar-refractivity contribution in [2.75, 3.05) is 10.2 Å². The zero-order valence-corrected chi connectivity index (χ0v) is 26.3. The normalized spacial score (nSPS) is 19.2. The fraction of sp³-hybridized carbons (Fsp3) is 0.152. The van der Waals surface area contributed by atoms with Crippen molar-refractivity contribution in [3.05, 3.63) is 121 Å². The molecule has 3 amide bonds. The molecule has 11 heteroatoms. The van der Waals surface area contributed by atoms with Crippen LogP contribution in [0.15, 0.2) is 94.7 Å². The molecule has 7 rings (SSSR count). The molecule has 3 atom stereocenters. The number of aryl methyl sites for hydroxylation is 1. The smallest absolute Gasteiger partial charge is 0.308 e. The van der Waals surface area contributed by atoms with E-state index in [0.29, 0.717) is 31.9 Å². The van der Waals surface area contributed by atoms with E-state index in [4.69, 9.17) is 23.2 Å². The van der Waals surface area contributed by atoms with E-state index in [0.717, 1.165) is 39.4 Å². The molecule has 1 aromatic heterocycles. The summed E-state index contributed by atoms with van der Waals surface area (Å²) in [7, 11) is 0. The number of hydrogen-bond donors (Lipinski definition) is 1. The molecule has 0 radical (unpaired) electrons. The van der Waals surface area contributed by atoms with Gasteiger partial charge in [-0.05, 0) is 53.6 Å². The molecule has 0 saturated carbocycles. The highest BCUT2D eigenvalue weighted by atomic mass is 35.5. The summed E-state index contributed by atoms with van der Waals surface area (Å²) in [4.78, 5) is 56.1. The third kappa shape index (κ3) is 4.84. The summed E-state index contributed by atoms with van der Waals surface area (Å²) in [5.74, 6) is -2.68. The number of aromatic nitrogens is 1. The highest BCUT2D eigenvalue weighted by molar-refractivity contribution is 8.00. The van der Waals surface area contributed by atoms with Gasteiger partial charge >= 0.3 is 4.87 Å². The highest BCUT2D eigenvalue weighted by Gasteiger charge is 2.57. The van der Waals surface area contributed by atoms with Crippen LogP contribution in [0.4, 0.5) is 11.4 Å². The number of thioether (sulfide) groups is 1.